The summed E-state index contributed by atoms with van der Waals surface area (Å²) in [5.41, 5.74) is 1.89. The van der Waals surface area contributed by atoms with Gasteiger partial charge in [0.05, 0.1) is 24.5 Å². The van der Waals surface area contributed by atoms with Crippen LogP contribution in [0.3, 0.4) is 0 Å². The maximum Gasteiger partial charge on any atom is 0.227 e. The summed E-state index contributed by atoms with van der Waals surface area (Å²) < 4.78 is 31.7. The lowest BCUT2D eigenvalue weighted by Gasteiger charge is -2.20. The summed E-state index contributed by atoms with van der Waals surface area (Å²) in [4.78, 5) is 6.27. The molecule has 1 atom stereocenters. The third kappa shape index (κ3) is 4.65. The van der Waals surface area contributed by atoms with E-state index in [1.165, 1.54) is 6.26 Å². The average molecular weight is 398 g/mol. The molecule has 142 valence electrons. The summed E-state index contributed by atoms with van der Waals surface area (Å²) in [5.74, 6) is 0. The molecule has 0 amide bonds. The molecule has 2 aromatic rings. The first kappa shape index (κ1) is 19.4. The van der Waals surface area contributed by atoms with E-state index < -0.39 is 9.84 Å². The van der Waals surface area contributed by atoms with E-state index in [2.05, 4.69) is 9.88 Å². The SMILES string of the molecule is CN(Cc1ccccc1Cl)Cc1cnc(S(C)(=O)=O)n1C[C@H]1CCCO1. The summed E-state index contributed by atoms with van der Waals surface area (Å²) in [6.45, 7) is 2.48. The van der Waals surface area contributed by atoms with Crippen molar-refractivity contribution in [1.82, 2.24) is 14.5 Å². The number of nitrogens with zero attached hydrogens (tertiary/aromatic N) is 3. The van der Waals surface area contributed by atoms with Crippen molar-refractivity contribution in [2.75, 3.05) is 19.9 Å². The first-order chi connectivity index (χ1) is 12.3. The molecule has 0 aliphatic carbocycles. The number of halogens is 1. The van der Waals surface area contributed by atoms with E-state index in [9.17, 15) is 8.42 Å². The minimum absolute atomic E-state index is 0.0392. The van der Waals surface area contributed by atoms with Gasteiger partial charge in [0.1, 0.15) is 0 Å². The second kappa shape index (κ2) is 8.08. The molecular weight excluding hydrogens is 374 g/mol. The van der Waals surface area contributed by atoms with Crippen LogP contribution in [0.5, 0.6) is 0 Å². The van der Waals surface area contributed by atoms with Gasteiger partial charge in [-0.2, -0.15) is 0 Å². The van der Waals surface area contributed by atoms with Gasteiger partial charge in [-0.05, 0) is 31.5 Å². The second-order valence-corrected chi connectivity index (χ2v) is 9.13. The number of rotatable bonds is 7. The van der Waals surface area contributed by atoms with Crippen LogP contribution in [-0.4, -0.2) is 48.9 Å². The number of hydrogen-bond acceptors (Lipinski definition) is 5. The lowest BCUT2D eigenvalue weighted by Crippen LogP contribution is -2.24. The molecule has 0 N–H and O–H groups in total. The molecule has 1 saturated heterocycles. The molecule has 0 unspecified atom stereocenters. The van der Waals surface area contributed by atoms with Crippen LogP contribution in [0, 0.1) is 0 Å². The predicted octanol–water partition coefficient (Wildman–Crippen LogP) is 2.75. The Bertz CT molecular complexity index is 860. The van der Waals surface area contributed by atoms with Crippen molar-refractivity contribution < 1.29 is 13.2 Å². The van der Waals surface area contributed by atoms with E-state index >= 15 is 0 Å². The van der Waals surface area contributed by atoms with Crippen LogP contribution < -0.4 is 0 Å². The van der Waals surface area contributed by atoms with E-state index in [1.807, 2.05) is 31.3 Å². The zero-order valence-corrected chi connectivity index (χ0v) is 16.6. The Hall–Kier alpha value is -1.41. The van der Waals surface area contributed by atoms with Crippen molar-refractivity contribution in [2.24, 2.45) is 0 Å². The number of aromatic nitrogens is 2. The quantitative estimate of drug-likeness (QED) is 0.718. The molecular formula is C18H24ClN3O3S. The van der Waals surface area contributed by atoms with E-state index in [1.54, 1.807) is 10.8 Å². The summed E-state index contributed by atoms with van der Waals surface area (Å²) in [6.07, 6.45) is 4.83. The van der Waals surface area contributed by atoms with Crippen LogP contribution in [0.25, 0.3) is 0 Å². The molecule has 0 radical (unpaired) electrons. The number of ether oxygens (including phenoxy) is 1. The van der Waals surface area contributed by atoms with Crippen LogP contribution in [0.15, 0.2) is 35.6 Å². The molecule has 0 spiro atoms. The van der Waals surface area contributed by atoms with E-state index in [-0.39, 0.29) is 11.3 Å². The Labute approximate surface area is 159 Å². The maximum atomic E-state index is 12.1. The number of benzene rings is 1. The van der Waals surface area contributed by atoms with Crippen molar-refractivity contribution in [1.29, 1.82) is 0 Å². The van der Waals surface area contributed by atoms with Gasteiger partial charge in [-0.15, -0.1) is 0 Å². The predicted molar refractivity (Wildman–Crippen MR) is 101 cm³/mol. The fourth-order valence-electron chi connectivity index (χ4n) is 3.25. The second-order valence-electron chi connectivity index (χ2n) is 6.81. The lowest BCUT2D eigenvalue weighted by atomic mass is 10.2. The fourth-order valence-corrected chi connectivity index (χ4v) is 4.28. The van der Waals surface area contributed by atoms with Crippen molar-refractivity contribution in [3.05, 3.63) is 46.7 Å². The van der Waals surface area contributed by atoms with Gasteiger partial charge >= 0.3 is 0 Å². The van der Waals surface area contributed by atoms with Gasteiger partial charge in [0, 0.05) is 31.0 Å². The van der Waals surface area contributed by atoms with Crippen LogP contribution in [0.2, 0.25) is 5.02 Å². The van der Waals surface area contributed by atoms with Gasteiger partial charge in [0.15, 0.2) is 0 Å². The molecule has 1 fully saturated rings. The highest BCUT2D eigenvalue weighted by Gasteiger charge is 2.24. The molecule has 1 aliphatic rings. The van der Waals surface area contributed by atoms with Gasteiger partial charge in [-0.1, -0.05) is 29.8 Å². The van der Waals surface area contributed by atoms with Gasteiger partial charge in [-0.25, -0.2) is 13.4 Å². The van der Waals surface area contributed by atoms with Gasteiger partial charge in [-0.3, -0.25) is 4.90 Å². The third-order valence-electron chi connectivity index (χ3n) is 4.47. The Kier molecular flexibility index (Phi) is 6.02. The molecule has 8 heteroatoms. The van der Waals surface area contributed by atoms with Crippen LogP contribution in [0.4, 0.5) is 0 Å². The molecule has 1 aromatic heterocycles. The van der Waals surface area contributed by atoms with E-state index in [0.29, 0.717) is 19.6 Å². The van der Waals surface area contributed by atoms with Gasteiger partial charge in [0.2, 0.25) is 15.0 Å². The Balaban J connectivity index is 1.80. The number of hydrogen-bond donors (Lipinski definition) is 0. The maximum absolute atomic E-state index is 12.1. The lowest BCUT2D eigenvalue weighted by molar-refractivity contribution is 0.0934. The molecule has 0 saturated carbocycles. The highest BCUT2D eigenvalue weighted by atomic mass is 35.5. The topological polar surface area (TPSA) is 64.4 Å². The summed E-state index contributed by atoms with van der Waals surface area (Å²) in [7, 11) is -1.42. The zero-order chi connectivity index (χ0) is 18.7. The first-order valence-corrected chi connectivity index (χ1v) is 10.9. The molecule has 1 aromatic carbocycles. The van der Waals surface area contributed by atoms with Gasteiger partial charge < -0.3 is 9.30 Å². The smallest absolute Gasteiger partial charge is 0.227 e. The summed E-state index contributed by atoms with van der Waals surface area (Å²) >= 11 is 6.24. The average Bonchev–Trinajstić information content (AvgIpc) is 3.20. The minimum atomic E-state index is -3.40. The van der Waals surface area contributed by atoms with E-state index in [0.717, 1.165) is 35.7 Å². The molecule has 0 bridgehead atoms. The third-order valence-corrected chi connectivity index (χ3v) is 5.83. The van der Waals surface area contributed by atoms with Crippen molar-refractivity contribution in [3.8, 4) is 0 Å². The Morgan fingerprint density at radius 3 is 2.77 bits per heavy atom. The van der Waals surface area contributed by atoms with Crippen molar-refractivity contribution >= 4 is 21.4 Å². The standard InChI is InChI=1S/C18H24ClN3O3S/c1-21(11-14-6-3-4-8-17(14)19)12-15-10-20-18(26(2,23)24)22(15)13-16-7-5-9-25-16/h3-4,6,8,10,16H,5,7,9,11-13H2,1-2H3/t16-/m1/s1. The van der Waals surface area contributed by atoms with Crippen molar-refractivity contribution in [2.45, 2.75) is 43.7 Å². The first-order valence-electron chi connectivity index (χ1n) is 8.62. The molecule has 2 heterocycles. The molecule has 26 heavy (non-hydrogen) atoms. The number of sulfone groups is 1. The normalized spacial score (nSPS) is 17.9. The summed E-state index contributed by atoms with van der Waals surface area (Å²) in [6, 6.07) is 7.72. The number of imidazole rings is 1. The Morgan fingerprint density at radius 2 is 2.12 bits per heavy atom. The molecule has 1 aliphatic heterocycles. The van der Waals surface area contributed by atoms with Crippen LogP contribution in [-0.2, 0) is 34.2 Å². The summed E-state index contributed by atoms with van der Waals surface area (Å²) in [5, 5.41) is 0.832. The van der Waals surface area contributed by atoms with Crippen LogP contribution >= 0.6 is 11.6 Å². The van der Waals surface area contributed by atoms with Crippen LogP contribution in [0.1, 0.15) is 24.1 Å². The van der Waals surface area contributed by atoms with Crippen molar-refractivity contribution in [3.63, 3.8) is 0 Å². The molecule has 3 rings (SSSR count). The molecule has 6 nitrogen and oxygen atoms in total. The monoisotopic (exact) mass is 397 g/mol. The van der Waals surface area contributed by atoms with E-state index in [4.69, 9.17) is 16.3 Å². The fraction of sp³-hybridized carbons (Fsp3) is 0.500. The zero-order valence-electron chi connectivity index (χ0n) is 15.1. The highest BCUT2D eigenvalue weighted by Crippen LogP contribution is 2.21. The van der Waals surface area contributed by atoms with Gasteiger partial charge in [0.25, 0.3) is 0 Å². The Morgan fingerprint density at radius 1 is 1.35 bits per heavy atom. The largest absolute Gasteiger partial charge is 0.376 e. The highest BCUT2D eigenvalue weighted by molar-refractivity contribution is 7.90. The minimum Gasteiger partial charge on any atom is -0.376 e.